The molecule has 0 bridgehead atoms. The van der Waals surface area contributed by atoms with E-state index in [0.717, 1.165) is 5.56 Å². The minimum absolute atomic E-state index is 0.237. The van der Waals surface area contributed by atoms with Crippen LogP contribution in [0.5, 0.6) is 0 Å². The lowest BCUT2D eigenvalue weighted by atomic mass is 10.00. The first-order chi connectivity index (χ1) is 7.44. The van der Waals surface area contributed by atoms with Gasteiger partial charge in [0.15, 0.2) is 0 Å². The molecule has 3 nitrogen and oxygen atoms in total. The standard InChI is InChI=1S/C13H18O3/c1-13(2,3)16-12(15)11(9-14)10-7-5-4-6-8-10/h4-8,11,14H,9H2,1-3H3. The zero-order chi connectivity index (χ0) is 12.2. The van der Waals surface area contributed by atoms with Gasteiger partial charge in [-0.25, -0.2) is 0 Å². The quantitative estimate of drug-likeness (QED) is 0.797. The van der Waals surface area contributed by atoms with Gasteiger partial charge in [-0.05, 0) is 26.3 Å². The van der Waals surface area contributed by atoms with Gasteiger partial charge in [-0.1, -0.05) is 30.3 Å². The summed E-state index contributed by atoms with van der Waals surface area (Å²) in [6.45, 7) is 5.19. The molecule has 0 aliphatic heterocycles. The molecule has 0 fully saturated rings. The number of aliphatic hydroxyl groups excluding tert-OH is 1. The second kappa shape index (κ2) is 5.12. The zero-order valence-corrected chi connectivity index (χ0v) is 9.93. The van der Waals surface area contributed by atoms with Crippen molar-refractivity contribution >= 4 is 5.97 Å². The fourth-order valence-electron chi connectivity index (χ4n) is 1.37. The molecule has 0 heterocycles. The molecular weight excluding hydrogens is 204 g/mol. The van der Waals surface area contributed by atoms with E-state index in [1.165, 1.54) is 0 Å². The molecule has 0 radical (unpaired) electrons. The van der Waals surface area contributed by atoms with Gasteiger partial charge in [0.25, 0.3) is 0 Å². The number of carbonyl (C=O) groups excluding carboxylic acids is 1. The van der Waals surface area contributed by atoms with Crippen molar-refractivity contribution in [2.45, 2.75) is 32.3 Å². The Hall–Kier alpha value is -1.35. The van der Waals surface area contributed by atoms with Crippen LogP contribution in [0.3, 0.4) is 0 Å². The van der Waals surface area contributed by atoms with Crippen LogP contribution in [-0.4, -0.2) is 23.3 Å². The number of aliphatic hydroxyl groups is 1. The molecule has 0 aliphatic carbocycles. The van der Waals surface area contributed by atoms with Crippen LogP contribution in [0.4, 0.5) is 0 Å². The Morgan fingerprint density at radius 3 is 2.31 bits per heavy atom. The summed E-state index contributed by atoms with van der Waals surface area (Å²) in [5.74, 6) is -0.985. The van der Waals surface area contributed by atoms with Gasteiger partial charge >= 0.3 is 5.97 Å². The summed E-state index contributed by atoms with van der Waals surface area (Å²) in [7, 11) is 0. The lowest BCUT2D eigenvalue weighted by Gasteiger charge is -2.23. The summed E-state index contributed by atoms with van der Waals surface area (Å²) in [5, 5.41) is 9.25. The number of esters is 1. The first-order valence-corrected chi connectivity index (χ1v) is 5.32. The summed E-state index contributed by atoms with van der Waals surface area (Å²) >= 11 is 0. The molecule has 0 aliphatic rings. The van der Waals surface area contributed by atoms with Gasteiger partial charge < -0.3 is 9.84 Å². The number of hydrogen-bond donors (Lipinski definition) is 1. The van der Waals surface area contributed by atoms with Gasteiger partial charge in [-0.3, -0.25) is 4.79 Å². The van der Waals surface area contributed by atoms with Gasteiger partial charge in [-0.15, -0.1) is 0 Å². The van der Waals surface area contributed by atoms with Crippen LogP contribution >= 0.6 is 0 Å². The highest BCUT2D eigenvalue weighted by atomic mass is 16.6. The first-order valence-electron chi connectivity index (χ1n) is 5.32. The lowest BCUT2D eigenvalue weighted by molar-refractivity contribution is -0.157. The third-order valence-electron chi connectivity index (χ3n) is 2.08. The molecule has 1 aromatic rings. The van der Waals surface area contributed by atoms with Gasteiger partial charge in [0.05, 0.1) is 6.61 Å². The Morgan fingerprint density at radius 2 is 1.88 bits per heavy atom. The Balaban J connectivity index is 2.80. The van der Waals surface area contributed by atoms with Crippen molar-refractivity contribution in [1.82, 2.24) is 0 Å². The van der Waals surface area contributed by atoms with E-state index in [0.29, 0.717) is 0 Å². The van der Waals surface area contributed by atoms with Crippen LogP contribution in [0, 0.1) is 0 Å². The molecule has 1 atom stereocenters. The van der Waals surface area contributed by atoms with Crippen molar-refractivity contribution < 1.29 is 14.6 Å². The van der Waals surface area contributed by atoms with Gasteiger partial charge in [-0.2, -0.15) is 0 Å². The van der Waals surface area contributed by atoms with E-state index in [9.17, 15) is 9.90 Å². The monoisotopic (exact) mass is 222 g/mol. The molecule has 0 spiro atoms. The second-order valence-electron chi connectivity index (χ2n) is 4.68. The van der Waals surface area contributed by atoms with Crippen molar-refractivity contribution in [3.63, 3.8) is 0 Å². The molecule has 0 aromatic heterocycles. The second-order valence-corrected chi connectivity index (χ2v) is 4.68. The van der Waals surface area contributed by atoms with Crippen LogP contribution in [0.1, 0.15) is 32.3 Å². The third kappa shape index (κ3) is 3.66. The molecule has 1 aromatic carbocycles. The summed E-state index contributed by atoms with van der Waals surface area (Å²) in [5.41, 5.74) is 0.249. The third-order valence-corrected chi connectivity index (χ3v) is 2.08. The predicted octanol–water partition coefficient (Wildman–Crippen LogP) is 2.10. The smallest absolute Gasteiger partial charge is 0.316 e. The number of hydrogen-bond acceptors (Lipinski definition) is 3. The van der Waals surface area contributed by atoms with Gasteiger partial charge in [0.1, 0.15) is 11.5 Å². The SMILES string of the molecule is CC(C)(C)OC(=O)C(CO)c1ccccc1. The Kier molecular flexibility index (Phi) is 4.07. The Bertz CT molecular complexity index is 338. The lowest BCUT2D eigenvalue weighted by Crippen LogP contribution is -2.29. The maximum atomic E-state index is 11.8. The first kappa shape index (κ1) is 12.7. The van der Waals surface area contributed by atoms with Crippen LogP contribution < -0.4 is 0 Å². The van der Waals surface area contributed by atoms with E-state index in [-0.39, 0.29) is 12.6 Å². The zero-order valence-electron chi connectivity index (χ0n) is 9.93. The van der Waals surface area contributed by atoms with Crippen LogP contribution in [0.25, 0.3) is 0 Å². The minimum Gasteiger partial charge on any atom is -0.459 e. The van der Waals surface area contributed by atoms with Crippen LogP contribution in [0.2, 0.25) is 0 Å². The topological polar surface area (TPSA) is 46.5 Å². The molecule has 1 N–H and O–H groups in total. The molecule has 1 unspecified atom stereocenters. The summed E-state index contributed by atoms with van der Waals surface area (Å²) in [6, 6.07) is 9.16. The average molecular weight is 222 g/mol. The summed E-state index contributed by atoms with van der Waals surface area (Å²) in [6.07, 6.45) is 0. The average Bonchev–Trinajstić information content (AvgIpc) is 2.17. The number of ether oxygens (including phenoxy) is 1. The van der Waals surface area contributed by atoms with E-state index in [1.54, 1.807) is 0 Å². The maximum Gasteiger partial charge on any atom is 0.316 e. The van der Waals surface area contributed by atoms with Gasteiger partial charge in [0, 0.05) is 0 Å². The fraction of sp³-hybridized carbons (Fsp3) is 0.462. The van der Waals surface area contributed by atoms with Crippen molar-refractivity contribution in [3.05, 3.63) is 35.9 Å². The molecule has 0 saturated carbocycles. The van der Waals surface area contributed by atoms with Crippen molar-refractivity contribution in [3.8, 4) is 0 Å². The highest BCUT2D eigenvalue weighted by Crippen LogP contribution is 2.19. The van der Waals surface area contributed by atoms with Crippen molar-refractivity contribution in [2.75, 3.05) is 6.61 Å². The van der Waals surface area contributed by atoms with Crippen molar-refractivity contribution in [1.29, 1.82) is 0 Å². The fourth-order valence-corrected chi connectivity index (χ4v) is 1.37. The van der Waals surface area contributed by atoms with E-state index >= 15 is 0 Å². The largest absolute Gasteiger partial charge is 0.459 e. The Morgan fingerprint density at radius 1 is 1.31 bits per heavy atom. The Labute approximate surface area is 96.1 Å². The predicted molar refractivity (Wildman–Crippen MR) is 62.1 cm³/mol. The van der Waals surface area contributed by atoms with E-state index in [2.05, 4.69) is 0 Å². The molecule has 88 valence electrons. The summed E-state index contributed by atoms with van der Waals surface area (Å²) in [4.78, 5) is 11.8. The molecule has 1 rings (SSSR count). The molecule has 0 amide bonds. The van der Waals surface area contributed by atoms with Crippen LogP contribution in [-0.2, 0) is 9.53 Å². The van der Waals surface area contributed by atoms with E-state index in [4.69, 9.17) is 4.74 Å². The maximum absolute atomic E-state index is 11.8. The number of benzene rings is 1. The highest BCUT2D eigenvalue weighted by molar-refractivity contribution is 5.78. The molecular formula is C13H18O3. The van der Waals surface area contributed by atoms with E-state index in [1.807, 2.05) is 51.1 Å². The van der Waals surface area contributed by atoms with Crippen LogP contribution in [0.15, 0.2) is 30.3 Å². The number of carbonyl (C=O) groups is 1. The minimum atomic E-state index is -0.597. The molecule has 3 heteroatoms. The van der Waals surface area contributed by atoms with E-state index < -0.39 is 11.5 Å². The molecule has 16 heavy (non-hydrogen) atoms. The van der Waals surface area contributed by atoms with Crippen molar-refractivity contribution in [2.24, 2.45) is 0 Å². The van der Waals surface area contributed by atoms with Gasteiger partial charge in [0.2, 0.25) is 0 Å². The number of rotatable bonds is 3. The molecule has 0 saturated heterocycles. The summed E-state index contributed by atoms with van der Waals surface area (Å²) < 4.78 is 5.25. The normalized spacial score (nSPS) is 13.2. The highest BCUT2D eigenvalue weighted by Gasteiger charge is 2.25.